The molecule has 3 aromatic rings. The van der Waals surface area contributed by atoms with E-state index < -0.39 is 10.9 Å². The Morgan fingerprint density at radius 3 is 2.50 bits per heavy atom. The third kappa shape index (κ3) is 3.44. The fourth-order valence-electron chi connectivity index (χ4n) is 2.43. The molecule has 0 atom stereocenters. The zero-order valence-electron chi connectivity index (χ0n) is 14.1. The molecule has 0 saturated heterocycles. The van der Waals surface area contributed by atoms with E-state index >= 15 is 0 Å². The molecular formula is C18H15N3O5. The number of benzene rings is 2. The lowest BCUT2D eigenvalue weighted by Crippen LogP contribution is -2.06. The Morgan fingerprint density at radius 2 is 1.85 bits per heavy atom. The van der Waals surface area contributed by atoms with Crippen LogP contribution < -0.4 is 4.74 Å². The van der Waals surface area contributed by atoms with Crippen molar-refractivity contribution in [2.75, 3.05) is 7.11 Å². The number of carbonyl (C=O) groups excluding carboxylic acids is 1. The molecule has 0 aliphatic carbocycles. The Kier molecular flexibility index (Phi) is 4.74. The minimum atomic E-state index is -0.657. The van der Waals surface area contributed by atoms with Gasteiger partial charge in [0.15, 0.2) is 5.75 Å². The number of esters is 1. The predicted octanol–water partition coefficient (Wildman–Crippen LogP) is 3.21. The van der Waals surface area contributed by atoms with Gasteiger partial charge in [0.05, 0.1) is 40.0 Å². The number of fused-ring (bicyclic) bond motifs is 1. The van der Waals surface area contributed by atoms with Gasteiger partial charge in [0, 0.05) is 6.07 Å². The highest BCUT2D eigenvalue weighted by molar-refractivity contribution is 5.90. The van der Waals surface area contributed by atoms with Crippen molar-refractivity contribution in [3.63, 3.8) is 0 Å². The maximum Gasteiger partial charge on any atom is 0.338 e. The minimum absolute atomic E-state index is 0.0160. The van der Waals surface area contributed by atoms with Gasteiger partial charge in [0.2, 0.25) is 0 Å². The van der Waals surface area contributed by atoms with Crippen molar-refractivity contribution >= 4 is 22.7 Å². The monoisotopic (exact) mass is 353 g/mol. The van der Waals surface area contributed by atoms with Crippen LogP contribution in [0.2, 0.25) is 0 Å². The Balaban J connectivity index is 1.88. The fourth-order valence-corrected chi connectivity index (χ4v) is 2.43. The summed E-state index contributed by atoms with van der Waals surface area (Å²) in [5.41, 5.74) is 2.49. The fraction of sp³-hybridized carbons (Fsp3) is 0.167. The lowest BCUT2D eigenvalue weighted by atomic mass is 10.2. The van der Waals surface area contributed by atoms with Crippen LogP contribution in [0.4, 0.5) is 5.69 Å². The molecule has 0 fully saturated rings. The van der Waals surface area contributed by atoms with E-state index in [0.29, 0.717) is 16.9 Å². The first-order valence-electron chi connectivity index (χ1n) is 7.71. The van der Waals surface area contributed by atoms with Crippen LogP contribution in [0.3, 0.4) is 0 Å². The summed E-state index contributed by atoms with van der Waals surface area (Å²) in [4.78, 5) is 31.2. The van der Waals surface area contributed by atoms with Crippen LogP contribution in [0, 0.1) is 17.0 Å². The molecule has 0 spiro atoms. The number of nitro benzene ring substituents is 1. The van der Waals surface area contributed by atoms with Crippen molar-refractivity contribution in [1.29, 1.82) is 0 Å². The molecule has 1 heterocycles. The first-order valence-corrected chi connectivity index (χ1v) is 7.71. The zero-order valence-corrected chi connectivity index (χ0v) is 14.1. The number of para-hydroxylation sites is 2. The van der Waals surface area contributed by atoms with Gasteiger partial charge in [0.25, 0.3) is 0 Å². The SMILES string of the molecule is COC(=O)c1ccc(OCc2nc3ccccc3nc2C)c([N+](=O)[O-])c1. The van der Waals surface area contributed by atoms with Gasteiger partial charge in [-0.2, -0.15) is 0 Å². The van der Waals surface area contributed by atoms with E-state index in [2.05, 4.69) is 14.7 Å². The number of rotatable bonds is 5. The van der Waals surface area contributed by atoms with E-state index in [0.717, 1.165) is 11.6 Å². The molecule has 132 valence electrons. The molecule has 0 aliphatic heterocycles. The van der Waals surface area contributed by atoms with Crippen molar-refractivity contribution in [3.8, 4) is 5.75 Å². The summed E-state index contributed by atoms with van der Waals surface area (Å²) >= 11 is 0. The maximum absolute atomic E-state index is 11.5. The number of ether oxygens (including phenoxy) is 2. The molecule has 0 saturated carbocycles. The summed E-state index contributed by atoms with van der Waals surface area (Å²) in [6.45, 7) is 1.81. The van der Waals surface area contributed by atoms with Crippen LogP contribution in [0.25, 0.3) is 11.0 Å². The highest BCUT2D eigenvalue weighted by atomic mass is 16.6. The third-order valence-electron chi connectivity index (χ3n) is 3.78. The second-order valence-corrected chi connectivity index (χ2v) is 5.46. The molecule has 8 heteroatoms. The number of aromatic nitrogens is 2. The molecule has 0 unspecified atom stereocenters. The van der Waals surface area contributed by atoms with Gasteiger partial charge in [-0.05, 0) is 31.2 Å². The summed E-state index contributed by atoms with van der Waals surface area (Å²) in [7, 11) is 1.21. The molecule has 0 aliphatic rings. The molecule has 26 heavy (non-hydrogen) atoms. The molecule has 1 aromatic heterocycles. The van der Waals surface area contributed by atoms with Gasteiger partial charge < -0.3 is 9.47 Å². The second-order valence-electron chi connectivity index (χ2n) is 5.46. The van der Waals surface area contributed by atoms with Crippen molar-refractivity contribution in [2.45, 2.75) is 13.5 Å². The van der Waals surface area contributed by atoms with Gasteiger partial charge in [-0.1, -0.05) is 12.1 Å². The number of carbonyl (C=O) groups is 1. The van der Waals surface area contributed by atoms with Crippen molar-refractivity contribution in [1.82, 2.24) is 9.97 Å². The molecule has 0 N–H and O–H groups in total. The predicted molar refractivity (Wildman–Crippen MR) is 93.0 cm³/mol. The summed E-state index contributed by atoms with van der Waals surface area (Å²) in [5, 5.41) is 11.3. The normalized spacial score (nSPS) is 10.5. The molecule has 3 rings (SSSR count). The highest BCUT2D eigenvalue weighted by Gasteiger charge is 2.20. The van der Waals surface area contributed by atoms with E-state index in [4.69, 9.17) is 4.74 Å². The lowest BCUT2D eigenvalue weighted by molar-refractivity contribution is -0.386. The minimum Gasteiger partial charge on any atom is -0.480 e. The van der Waals surface area contributed by atoms with Crippen molar-refractivity contribution in [2.24, 2.45) is 0 Å². The summed E-state index contributed by atoms with van der Waals surface area (Å²) < 4.78 is 10.2. The molecular weight excluding hydrogens is 338 g/mol. The number of nitro groups is 1. The van der Waals surface area contributed by atoms with E-state index in [1.165, 1.54) is 19.2 Å². The number of aryl methyl sites for hydroxylation is 1. The number of nitrogens with zero attached hydrogens (tertiary/aromatic N) is 3. The summed E-state index contributed by atoms with van der Waals surface area (Å²) in [6.07, 6.45) is 0. The maximum atomic E-state index is 11.5. The lowest BCUT2D eigenvalue weighted by Gasteiger charge is -2.10. The first-order chi connectivity index (χ1) is 12.5. The topological polar surface area (TPSA) is 104 Å². The molecule has 8 nitrogen and oxygen atoms in total. The zero-order chi connectivity index (χ0) is 18.7. The summed E-state index contributed by atoms with van der Waals surface area (Å²) in [5.74, 6) is -0.618. The average Bonchev–Trinajstić information content (AvgIpc) is 2.65. The second kappa shape index (κ2) is 7.14. The van der Waals surface area contributed by atoms with Gasteiger partial charge in [-0.15, -0.1) is 0 Å². The third-order valence-corrected chi connectivity index (χ3v) is 3.78. The van der Waals surface area contributed by atoms with Crippen molar-refractivity contribution in [3.05, 3.63) is 69.5 Å². The van der Waals surface area contributed by atoms with E-state index in [-0.39, 0.29) is 23.6 Å². The van der Waals surface area contributed by atoms with Gasteiger partial charge in [-0.3, -0.25) is 10.1 Å². The Labute approximate surface area is 148 Å². The number of methoxy groups -OCH3 is 1. The Bertz CT molecular complexity index is 1000. The van der Waals surface area contributed by atoms with Crippen LogP contribution in [0.5, 0.6) is 5.75 Å². The molecule has 0 radical (unpaired) electrons. The highest BCUT2D eigenvalue weighted by Crippen LogP contribution is 2.29. The van der Waals surface area contributed by atoms with E-state index in [1.807, 2.05) is 24.3 Å². The standard InChI is InChI=1S/C18H15N3O5/c1-11-15(20-14-6-4-3-5-13(14)19-11)10-26-17-8-7-12(18(22)25-2)9-16(17)21(23)24/h3-9H,10H2,1-2H3. The molecule has 0 bridgehead atoms. The van der Waals surface area contributed by atoms with Crippen LogP contribution >= 0.6 is 0 Å². The van der Waals surface area contributed by atoms with Crippen LogP contribution in [0.1, 0.15) is 21.7 Å². The average molecular weight is 353 g/mol. The number of hydrogen-bond acceptors (Lipinski definition) is 7. The van der Waals surface area contributed by atoms with Crippen LogP contribution in [0.15, 0.2) is 42.5 Å². The van der Waals surface area contributed by atoms with Gasteiger partial charge in [0.1, 0.15) is 6.61 Å². The smallest absolute Gasteiger partial charge is 0.338 e. The first kappa shape index (κ1) is 17.3. The molecule has 0 amide bonds. The van der Waals surface area contributed by atoms with Crippen molar-refractivity contribution < 1.29 is 19.2 Å². The van der Waals surface area contributed by atoms with Crippen LogP contribution in [-0.2, 0) is 11.3 Å². The Morgan fingerprint density at radius 1 is 1.15 bits per heavy atom. The van der Waals surface area contributed by atoms with Gasteiger partial charge in [-0.25, -0.2) is 14.8 Å². The van der Waals surface area contributed by atoms with Crippen LogP contribution in [-0.4, -0.2) is 28.0 Å². The quantitative estimate of drug-likeness (QED) is 0.394. The largest absolute Gasteiger partial charge is 0.480 e. The van der Waals surface area contributed by atoms with Gasteiger partial charge >= 0.3 is 11.7 Å². The molecule has 2 aromatic carbocycles. The van der Waals surface area contributed by atoms with E-state index in [1.54, 1.807) is 6.92 Å². The Hall–Kier alpha value is -3.55. The van der Waals surface area contributed by atoms with E-state index in [9.17, 15) is 14.9 Å². The number of hydrogen-bond donors (Lipinski definition) is 0. The summed E-state index contributed by atoms with van der Waals surface area (Å²) in [6, 6.07) is 11.3.